The van der Waals surface area contributed by atoms with Gasteiger partial charge in [0.1, 0.15) is 0 Å². The van der Waals surface area contributed by atoms with Gasteiger partial charge in [-0.2, -0.15) is 0 Å². The lowest BCUT2D eigenvalue weighted by molar-refractivity contribution is 0.423. The van der Waals surface area contributed by atoms with E-state index in [0.717, 1.165) is 6.54 Å². The van der Waals surface area contributed by atoms with Crippen molar-refractivity contribution in [2.75, 3.05) is 6.54 Å². The molecule has 1 aromatic carbocycles. The SMILES string of the molecule is CCCCCC(NCC=CCl)C(C)c1ccccc1. The fraction of sp³-hybridized carbons (Fsp3) is 0.529. The zero-order valence-corrected chi connectivity index (χ0v) is 12.9. The average molecular weight is 280 g/mol. The monoisotopic (exact) mass is 279 g/mol. The van der Waals surface area contributed by atoms with E-state index in [2.05, 4.69) is 49.5 Å². The molecule has 19 heavy (non-hydrogen) atoms. The molecule has 0 aromatic heterocycles. The van der Waals surface area contributed by atoms with Crippen molar-refractivity contribution in [1.82, 2.24) is 5.32 Å². The lowest BCUT2D eigenvalue weighted by atomic mass is 9.90. The van der Waals surface area contributed by atoms with Gasteiger partial charge in [0.15, 0.2) is 0 Å². The average Bonchev–Trinajstić information content (AvgIpc) is 2.46. The Balaban J connectivity index is 2.59. The molecule has 2 unspecified atom stereocenters. The summed E-state index contributed by atoms with van der Waals surface area (Å²) in [6.45, 7) is 5.40. The van der Waals surface area contributed by atoms with Gasteiger partial charge < -0.3 is 5.32 Å². The number of unbranched alkanes of at least 4 members (excludes halogenated alkanes) is 2. The van der Waals surface area contributed by atoms with Gasteiger partial charge in [-0.25, -0.2) is 0 Å². The van der Waals surface area contributed by atoms with Gasteiger partial charge in [0.25, 0.3) is 0 Å². The Kier molecular flexibility index (Phi) is 8.61. The summed E-state index contributed by atoms with van der Waals surface area (Å²) in [4.78, 5) is 0. The topological polar surface area (TPSA) is 12.0 Å². The van der Waals surface area contributed by atoms with E-state index in [0.29, 0.717) is 12.0 Å². The van der Waals surface area contributed by atoms with Crippen molar-refractivity contribution in [3.63, 3.8) is 0 Å². The second-order valence-corrected chi connectivity index (χ2v) is 5.32. The molecule has 1 aromatic rings. The molecule has 0 saturated carbocycles. The van der Waals surface area contributed by atoms with E-state index in [1.54, 1.807) is 5.54 Å². The van der Waals surface area contributed by atoms with E-state index in [1.807, 2.05) is 6.08 Å². The van der Waals surface area contributed by atoms with Crippen LogP contribution in [0.4, 0.5) is 0 Å². The first kappa shape index (κ1) is 16.3. The van der Waals surface area contributed by atoms with Gasteiger partial charge in [0.05, 0.1) is 0 Å². The quantitative estimate of drug-likeness (QED) is 0.622. The van der Waals surface area contributed by atoms with Gasteiger partial charge >= 0.3 is 0 Å². The lowest BCUT2D eigenvalue weighted by Crippen LogP contribution is -2.34. The predicted octanol–water partition coefficient (Wildman–Crippen LogP) is 5.08. The van der Waals surface area contributed by atoms with Crippen molar-refractivity contribution in [2.45, 2.75) is 51.5 Å². The summed E-state index contributed by atoms with van der Waals surface area (Å²) in [5.74, 6) is 0.529. The van der Waals surface area contributed by atoms with Crippen molar-refractivity contribution in [3.8, 4) is 0 Å². The molecule has 0 aliphatic rings. The molecule has 0 bridgehead atoms. The second-order valence-electron chi connectivity index (χ2n) is 5.07. The molecule has 2 atom stereocenters. The fourth-order valence-electron chi connectivity index (χ4n) is 2.40. The maximum atomic E-state index is 5.59. The van der Waals surface area contributed by atoms with Gasteiger partial charge in [-0.05, 0) is 17.9 Å². The Morgan fingerprint density at radius 3 is 2.58 bits per heavy atom. The second kappa shape index (κ2) is 10.1. The van der Waals surface area contributed by atoms with Crippen molar-refractivity contribution in [3.05, 3.63) is 47.5 Å². The third kappa shape index (κ3) is 6.26. The minimum absolute atomic E-state index is 0.516. The molecule has 0 aliphatic heterocycles. The van der Waals surface area contributed by atoms with Crippen LogP contribution < -0.4 is 5.32 Å². The number of hydrogen-bond donors (Lipinski definition) is 1. The van der Waals surface area contributed by atoms with E-state index in [4.69, 9.17) is 11.6 Å². The van der Waals surface area contributed by atoms with E-state index < -0.39 is 0 Å². The summed E-state index contributed by atoms with van der Waals surface area (Å²) < 4.78 is 0. The van der Waals surface area contributed by atoms with Crippen LogP contribution in [0.1, 0.15) is 51.0 Å². The van der Waals surface area contributed by atoms with Gasteiger partial charge in [-0.1, -0.05) is 81.1 Å². The van der Waals surface area contributed by atoms with Crippen LogP contribution in [0, 0.1) is 0 Å². The first-order chi connectivity index (χ1) is 9.29. The Labute approximate surface area is 123 Å². The number of benzene rings is 1. The van der Waals surface area contributed by atoms with Crippen molar-refractivity contribution < 1.29 is 0 Å². The Hall–Kier alpha value is -0.790. The molecule has 1 N–H and O–H groups in total. The van der Waals surface area contributed by atoms with Gasteiger partial charge in [-0.3, -0.25) is 0 Å². The first-order valence-corrected chi connectivity index (χ1v) is 7.76. The summed E-state index contributed by atoms with van der Waals surface area (Å²) in [6.07, 6.45) is 7.06. The van der Waals surface area contributed by atoms with Crippen LogP contribution in [-0.2, 0) is 0 Å². The summed E-state index contributed by atoms with van der Waals surface area (Å²) >= 11 is 5.59. The number of halogens is 1. The molecular weight excluding hydrogens is 254 g/mol. The molecule has 0 fully saturated rings. The molecule has 1 nitrogen and oxygen atoms in total. The summed E-state index contributed by atoms with van der Waals surface area (Å²) in [5.41, 5.74) is 3.00. The highest BCUT2D eigenvalue weighted by atomic mass is 35.5. The Morgan fingerprint density at radius 1 is 1.21 bits per heavy atom. The summed E-state index contributed by atoms with van der Waals surface area (Å²) in [7, 11) is 0. The third-order valence-electron chi connectivity index (χ3n) is 3.63. The molecule has 0 spiro atoms. The van der Waals surface area contributed by atoms with E-state index in [-0.39, 0.29) is 0 Å². The molecule has 2 heteroatoms. The van der Waals surface area contributed by atoms with Crippen LogP contribution >= 0.6 is 11.6 Å². The van der Waals surface area contributed by atoms with Gasteiger partial charge in [0, 0.05) is 18.1 Å². The molecule has 0 radical (unpaired) electrons. The van der Waals surface area contributed by atoms with E-state index >= 15 is 0 Å². The maximum absolute atomic E-state index is 5.59. The largest absolute Gasteiger partial charge is 0.310 e. The standard InChI is InChI=1S/C17H26ClN/c1-3-4-6-12-17(19-14-9-13-18)15(2)16-10-7-5-8-11-16/h5,7-11,13,15,17,19H,3-4,6,12,14H2,1-2H3. The number of nitrogens with one attached hydrogen (secondary N) is 1. The maximum Gasteiger partial charge on any atom is 0.0149 e. The Morgan fingerprint density at radius 2 is 1.95 bits per heavy atom. The minimum atomic E-state index is 0.516. The summed E-state index contributed by atoms with van der Waals surface area (Å²) in [5, 5.41) is 3.61. The lowest BCUT2D eigenvalue weighted by Gasteiger charge is -2.25. The fourth-order valence-corrected chi connectivity index (χ4v) is 2.49. The normalized spacial score (nSPS) is 14.7. The first-order valence-electron chi connectivity index (χ1n) is 7.33. The highest BCUT2D eigenvalue weighted by Gasteiger charge is 2.17. The highest BCUT2D eigenvalue weighted by molar-refractivity contribution is 6.25. The van der Waals surface area contributed by atoms with Gasteiger partial charge in [-0.15, -0.1) is 0 Å². The molecule has 0 amide bonds. The zero-order valence-electron chi connectivity index (χ0n) is 12.1. The van der Waals surface area contributed by atoms with Crippen LogP contribution in [0.2, 0.25) is 0 Å². The van der Waals surface area contributed by atoms with Gasteiger partial charge in [0.2, 0.25) is 0 Å². The van der Waals surface area contributed by atoms with Crippen LogP contribution in [0.25, 0.3) is 0 Å². The minimum Gasteiger partial charge on any atom is -0.310 e. The summed E-state index contributed by atoms with van der Waals surface area (Å²) in [6, 6.07) is 11.3. The Bertz CT molecular complexity index is 348. The molecule has 0 saturated heterocycles. The van der Waals surface area contributed by atoms with E-state index in [9.17, 15) is 0 Å². The third-order valence-corrected chi connectivity index (χ3v) is 3.81. The molecule has 106 valence electrons. The van der Waals surface area contributed by atoms with Crippen molar-refractivity contribution in [2.24, 2.45) is 0 Å². The molecule has 0 heterocycles. The molecule has 0 aliphatic carbocycles. The van der Waals surface area contributed by atoms with Crippen LogP contribution in [0.5, 0.6) is 0 Å². The number of hydrogen-bond acceptors (Lipinski definition) is 1. The van der Waals surface area contributed by atoms with Crippen LogP contribution in [0.15, 0.2) is 41.9 Å². The highest BCUT2D eigenvalue weighted by Crippen LogP contribution is 2.22. The zero-order chi connectivity index (χ0) is 13.9. The van der Waals surface area contributed by atoms with Crippen molar-refractivity contribution in [1.29, 1.82) is 0 Å². The predicted molar refractivity (Wildman–Crippen MR) is 85.8 cm³/mol. The smallest absolute Gasteiger partial charge is 0.0149 e. The van der Waals surface area contributed by atoms with Crippen molar-refractivity contribution >= 4 is 11.6 Å². The number of rotatable bonds is 9. The molecular formula is C17H26ClN. The van der Waals surface area contributed by atoms with Crippen LogP contribution in [-0.4, -0.2) is 12.6 Å². The molecule has 1 rings (SSSR count). The van der Waals surface area contributed by atoms with E-state index in [1.165, 1.54) is 31.2 Å². The van der Waals surface area contributed by atoms with Crippen LogP contribution in [0.3, 0.4) is 0 Å².